The largest absolute Gasteiger partial charge is 0.409 e. The van der Waals surface area contributed by atoms with Gasteiger partial charge < -0.3 is 16.3 Å². The summed E-state index contributed by atoms with van der Waals surface area (Å²) in [5, 5.41) is 12.4. The van der Waals surface area contributed by atoms with Gasteiger partial charge in [0, 0.05) is 18.7 Å². The molecule has 4 nitrogen and oxygen atoms in total. The minimum Gasteiger partial charge on any atom is -0.409 e. The minimum absolute atomic E-state index is 0.184. The summed E-state index contributed by atoms with van der Waals surface area (Å²) in [6.45, 7) is -1.01. The van der Waals surface area contributed by atoms with Crippen LogP contribution >= 0.6 is 0 Å². The first-order chi connectivity index (χ1) is 9.16. The van der Waals surface area contributed by atoms with E-state index in [4.69, 9.17) is 10.9 Å². The highest BCUT2D eigenvalue weighted by molar-refractivity contribution is 5.83. The first-order valence-electron chi connectivity index (χ1n) is 5.09. The summed E-state index contributed by atoms with van der Waals surface area (Å²) in [6, 6.07) is 0.550. The van der Waals surface area contributed by atoms with E-state index in [2.05, 4.69) is 5.16 Å². The summed E-state index contributed by atoms with van der Waals surface area (Å²) in [5.74, 6) is -7.74. The molecule has 0 saturated carbocycles. The van der Waals surface area contributed by atoms with Gasteiger partial charge in [0.15, 0.2) is 17.5 Å². The van der Waals surface area contributed by atoms with Crippen molar-refractivity contribution in [2.24, 2.45) is 16.8 Å². The molecular formula is C10H9F6N3O. The van der Waals surface area contributed by atoms with Gasteiger partial charge in [-0.3, -0.25) is 0 Å². The predicted molar refractivity (Wildman–Crippen MR) is 57.8 cm³/mol. The Hall–Kier alpha value is -2.13. The molecule has 1 unspecified atom stereocenters. The molecule has 4 N–H and O–H groups in total. The summed E-state index contributed by atoms with van der Waals surface area (Å²) in [4.78, 5) is 0. The van der Waals surface area contributed by atoms with E-state index < -0.39 is 47.6 Å². The number of hydrogen-bond donors (Lipinski definition) is 3. The fourth-order valence-electron chi connectivity index (χ4n) is 1.33. The van der Waals surface area contributed by atoms with Crippen molar-refractivity contribution in [3.63, 3.8) is 0 Å². The lowest BCUT2D eigenvalue weighted by Gasteiger charge is -2.20. The van der Waals surface area contributed by atoms with E-state index in [1.54, 1.807) is 0 Å². The lowest BCUT2D eigenvalue weighted by atomic mass is 10.1. The van der Waals surface area contributed by atoms with Gasteiger partial charge in [0.25, 0.3) is 0 Å². The van der Waals surface area contributed by atoms with Crippen molar-refractivity contribution in [2.45, 2.75) is 6.18 Å². The lowest BCUT2D eigenvalue weighted by Crippen LogP contribution is -2.40. The van der Waals surface area contributed by atoms with Crippen LogP contribution in [0, 0.1) is 23.4 Å². The second-order valence-electron chi connectivity index (χ2n) is 3.75. The number of oxime groups is 1. The zero-order valence-corrected chi connectivity index (χ0v) is 9.68. The van der Waals surface area contributed by atoms with Crippen LogP contribution in [0.3, 0.4) is 0 Å². The number of amidine groups is 1. The maximum absolute atomic E-state index is 13.2. The third kappa shape index (κ3) is 3.68. The molecular weight excluding hydrogens is 292 g/mol. The summed E-state index contributed by atoms with van der Waals surface area (Å²) in [6.07, 6.45) is -4.86. The van der Waals surface area contributed by atoms with E-state index in [0.717, 1.165) is 0 Å². The molecule has 1 aromatic rings. The Morgan fingerprint density at radius 3 is 2.25 bits per heavy atom. The van der Waals surface area contributed by atoms with Crippen LogP contribution in [0.4, 0.5) is 32.0 Å². The van der Waals surface area contributed by atoms with Gasteiger partial charge in [0.2, 0.25) is 0 Å². The zero-order chi connectivity index (χ0) is 15.5. The summed E-state index contributed by atoms with van der Waals surface area (Å²) >= 11 is 0. The Labute approximate surface area is 108 Å². The molecule has 1 atom stereocenters. The van der Waals surface area contributed by atoms with E-state index in [1.165, 1.54) is 0 Å². The lowest BCUT2D eigenvalue weighted by molar-refractivity contribution is -0.152. The molecule has 20 heavy (non-hydrogen) atoms. The van der Waals surface area contributed by atoms with Crippen LogP contribution in [0.15, 0.2) is 17.3 Å². The summed E-state index contributed by atoms with van der Waals surface area (Å²) in [5.41, 5.74) is 4.19. The molecule has 0 aromatic heterocycles. The van der Waals surface area contributed by atoms with Gasteiger partial charge in [0.1, 0.15) is 11.7 Å². The molecule has 0 spiro atoms. The van der Waals surface area contributed by atoms with Gasteiger partial charge in [-0.25, -0.2) is 13.2 Å². The Kier molecular flexibility index (Phi) is 4.69. The third-order valence-corrected chi connectivity index (χ3v) is 2.37. The molecule has 0 aliphatic rings. The molecule has 112 valence electrons. The summed E-state index contributed by atoms with van der Waals surface area (Å²) < 4.78 is 76.4. The van der Waals surface area contributed by atoms with Crippen molar-refractivity contribution < 1.29 is 31.5 Å². The van der Waals surface area contributed by atoms with Crippen molar-refractivity contribution in [3.05, 3.63) is 29.6 Å². The smallest absolute Gasteiger partial charge is 0.400 e. The average Bonchev–Trinajstić information content (AvgIpc) is 2.33. The molecule has 1 aromatic carbocycles. The second-order valence-corrected chi connectivity index (χ2v) is 3.75. The van der Waals surface area contributed by atoms with Crippen molar-refractivity contribution in [2.75, 3.05) is 11.9 Å². The van der Waals surface area contributed by atoms with Crippen LogP contribution in [0.5, 0.6) is 0 Å². The highest BCUT2D eigenvalue weighted by atomic mass is 19.4. The van der Waals surface area contributed by atoms with Crippen LogP contribution in [0.25, 0.3) is 0 Å². The number of halogens is 6. The standard InChI is InChI=1S/C10H9F6N3O/c11-5-1-7(13)8(2-6(5)12)18-3-4(9(17)19-20)10(14,15)16/h1-2,4,18,20H,3H2,(H2,17,19). The topological polar surface area (TPSA) is 70.6 Å². The highest BCUT2D eigenvalue weighted by Gasteiger charge is 2.42. The maximum Gasteiger partial charge on any atom is 0.400 e. The van der Waals surface area contributed by atoms with Crippen LogP contribution < -0.4 is 11.1 Å². The fraction of sp³-hybridized carbons (Fsp3) is 0.300. The first kappa shape index (κ1) is 15.9. The quantitative estimate of drug-likeness (QED) is 0.200. The van der Waals surface area contributed by atoms with Crippen molar-refractivity contribution in [1.82, 2.24) is 0 Å². The normalized spacial score (nSPS) is 14.2. The molecule has 0 aliphatic carbocycles. The number of hydrogen-bond acceptors (Lipinski definition) is 3. The number of nitrogens with two attached hydrogens (primary N) is 1. The fourth-order valence-corrected chi connectivity index (χ4v) is 1.33. The van der Waals surface area contributed by atoms with Crippen LogP contribution in [0.2, 0.25) is 0 Å². The number of benzene rings is 1. The second kappa shape index (κ2) is 5.88. The molecule has 0 aliphatic heterocycles. The Morgan fingerprint density at radius 2 is 1.75 bits per heavy atom. The van der Waals surface area contributed by atoms with Gasteiger partial charge in [-0.15, -0.1) is 0 Å². The van der Waals surface area contributed by atoms with E-state index in [9.17, 15) is 26.3 Å². The van der Waals surface area contributed by atoms with Gasteiger partial charge >= 0.3 is 6.18 Å². The van der Waals surface area contributed by atoms with Crippen molar-refractivity contribution in [1.29, 1.82) is 0 Å². The molecule has 1 rings (SSSR count). The highest BCUT2D eigenvalue weighted by Crippen LogP contribution is 2.27. The third-order valence-electron chi connectivity index (χ3n) is 2.37. The average molecular weight is 301 g/mol. The SMILES string of the molecule is N/C(=N/O)C(CNc1cc(F)c(F)cc1F)C(F)(F)F. The number of rotatable bonds is 4. The van der Waals surface area contributed by atoms with Gasteiger partial charge in [-0.05, 0) is 0 Å². The minimum atomic E-state index is -4.86. The van der Waals surface area contributed by atoms with Crippen molar-refractivity contribution in [3.8, 4) is 0 Å². The van der Waals surface area contributed by atoms with Crippen LogP contribution in [-0.4, -0.2) is 23.8 Å². The van der Waals surface area contributed by atoms with Crippen LogP contribution in [0.1, 0.15) is 0 Å². The molecule has 10 heteroatoms. The Morgan fingerprint density at radius 1 is 1.20 bits per heavy atom. The molecule has 0 amide bonds. The zero-order valence-electron chi connectivity index (χ0n) is 9.68. The predicted octanol–water partition coefficient (Wildman–Crippen LogP) is 2.44. The first-order valence-corrected chi connectivity index (χ1v) is 5.09. The molecule has 0 radical (unpaired) electrons. The maximum atomic E-state index is 13.2. The Bertz CT molecular complexity index is 516. The van der Waals surface area contributed by atoms with Crippen molar-refractivity contribution >= 4 is 11.5 Å². The van der Waals surface area contributed by atoms with E-state index in [1.807, 2.05) is 5.32 Å². The van der Waals surface area contributed by atoms with E-state index >= 15 is 0 Å². The summed E-state index contributed by atoms with van der Waals surface area (Å²) in [7, 11) is 0. The Balaban J connectivity index is 2.91. The van der Waals surface area contributed by atoms with Crippen LogP contribution in [-0.2, 0) is 0 Å². The number of nitrogens with one attached hydrogen (secondary N) is 1. The van der Waals surface area contributed by atoms with E-state index in [0.29, 0.717) is 6.07 Å². The number of nitrogens with zero attached hydrogens (tertiary/aromatic N) is 1. The molecule has 0 heterocycles. The van der Waals surface area contributed by atoms with Gasteiger partial charge in [-0.1, -0.05) is 5.16 Å². The van der Waals surface area contributed by atoms with Gasteiger partial charge in [-0.2, -0.15) is 13.2 Å². The monoisotopic (exact) mass is 301 g/mol. The molecule has 0 fully saturated rings. The molecule has 0 saturated heterocycles. The number of alkyl halides is 3. The van der Waals surface area contributed by atoms with Gasteiger partial charge in [0.05, 0.1) is 5.69 Å². The number of anilines is 1. The van der Waals surface area contributed by atoms with E-state index in [-0.39, 0.29) is 6.07 Å². The molecule has 0 bridgehead atoms.